The maximum Gasteiger partial charge on any atom is 0.229 e. The summed E-state index contributed by atoms with van der Waals surface area (Å²) in [6.45, 7) is 9.42. The Morgan fingerprint density at radius 2 is 1.49 bits per heavy atom. The molecule has 0 amide bonds. The van der Waals surface area contributed by atoms with Crippen LogP contribution in [0.4, 0.5) is 11.8 Å². The lowest BCUT2D eigenvalue weighted by atomic mass is 9.89. The number of aromatic nitrogens is 5. The molecule has 4 aromatic heterocycles. The van der Waals surface area contributed by atoms with Crippen LogP contribution in [-0.4, -0.2) is 59.8 Å². The molecule has 0 atom stereocenters. The maximum absolute atomic E-state index is 11.2. The Hall–Kier alpha value is -8.13. The van der Waals surface area contributed by atoms with Gasteiger partial charge in [-0.1, -0.05) is 54.6 Å². The number of aromatic amines is 1. The molecule has 2 aliphatic heterocycles. The summed E-state index contributed by atoms with van der Waals surface area (Å²) in [7, 11) is 0. The third-order valence-electron chi connectivity index (χ3n) is 11.1. The van der Waals surface area contributed by atoms with E-state index in [1.54, 1.807) is 0 Å². The van der Waals surface area contributed by atoms with Crippen molar-refractivity contribution in [2.75, 3.05) is 18.1 Å². The molecule has 0 bridgehead atoms. The number of furan rings is 1. The predicted molar refractivity (Wildman–Crippen MR) is 246 cm³/mol. The van der Waals surface area contributed by atoms with Crippen LogP contribution >= 0.6 is 0 Å². The monoisotopic (exact) mass is 836 g/mol. The van der Waals surface area contributed by atoms with E-state index in [0.717, 1.165) is 80.8 Å². The average molecular weight is 837 g/mol. The summed E-state index contributed by atoms with van der Waals surface area (Å²) in [5, 5.41) is 0.860. The number of aliphatic imine (C=N–C) groups is 2. The summed E-state index contributed by atoms with van der Waals surface area (Å²) in [5.74, 6) is 3.23. The van der Waals surface area contributed by atoms with Crippen molar-refractivity contribution >= 4 is 56.7 Å². The van der Waals surface area contributed by atoms with Crippen LogP contribution in [0.3, 0.4) is 0 Å². The van der Waals surface area contributed by atoms with Crippen LogP contribution in [0.2, 0.25) is 0 Å². The number of H-pyrrole nitrogens is 1. The number of nitrogen functional groups attached to an aromatic ring is 2. The first-order valence-corrected chi connectivity index (χ1v) is 20.4. The van der Waals surface area contributed by atoms with Crippen LogP contribution in [0.25, 0.3) is 56.0 Å². The Morgan fingerprint density at radius 1 is 0.762 bits per heavy atom. The van der Waals surface area contributed by atoms with Crippen molar-refractivity contribution in [3.8, 4) is 39.8 Å². The van der Waals surface area contributed by atoms with Crippen LogP contribution in [-0.2, 0) is 22.6 Å². The minimum Gasteiger partial charge on any atom is -0.487 e. The Bertz CT molecular complexity index is 3160. The minimum absolute atomic E-state index is 0.0559. The number of ketones is 2. The molecule has 63 heavy (non-hydrogen) atoms. The fraction of sp³-hybridized carbons (Fsp3) is 0.163. The summed E-state index contributed by atoms with van der Waals surface area (Å²) >= 11 is 0. The minimum atomic E-state index is -0.397. The molecule has 6 heterocycles. The molecule has 0 fully saturated rings. The van der Waals surface area contributed by atoms with Gasteiger partial charge in [-0.3, -0.25) is 19.6 Å². The molecule has 14 nitrogen and oxygen atoms in total. The second kappa shape index (κ2) is 16.0. The quantitative estimate of drug-likeness (QED) is 0.131. The number of ether oxygens (including phenoxy) is 1. The van der Waals surface area contributed by atoms with Crippen LogP contribution in [0.15, 0.2) is 136 Å². The number of nitrogens with zero attached hydrogens (tertiary/aromatic N) is 6. The molecule has 0 spiro atoms. The molecule has 7 N–H and O–H groups in total. The van der Waals surface area contributed by atoms with Gasteiger partial charge in [-0.2, -0.15) is 4.98 Å². The topological polar surface area (TPSA) is 219 Å². The molecule has 4 aromatic carbocycles. The first kappa shape index (κ1) is 40.3. The highest BCUT2D eigenvalue weighted by Gasteiger charge is 2.34. The van der Waals surface area contributed by atoms with Crippen LogP contribution in [0.5, 0.6) is 5.75 Å². The van der Waals surface area contributed by atoms with E-state index in [9.17, 15) is 9.59 Å². The van der Waals surface area contributed by atoms with Crippen molar-refractivity contribution in [1.29, 1.82) is 0 Å². The number of nitrogens with two attached hydrogens (primary N) is 3. The molecule has 0 radical (unpaired) electrons. The Labute approximate surface area is 362 Å². The van der Waals surface area contributed by atoms with E-state index in [0.29, 0.717) is 5.82 Å². The van der Waals surface area contributed by atoms with Gasteiger partial charge in [-0.15, -0.1) is 0 Å². The first-order chi connectivity index (χ1) is 30.3. The van der Waals surface area contributed by atoms with E-state index in [4.69, 9.17) is 26.4 Å². The normalized spacial score (nSPS) is 14.8. The molecular formula is C49H44N10O4. The van der Waals surface area contributed by atoms with E-state index in [2.05, 4.69) is 117 Å². The number of aryl methyl sites for hydroxylation is 2. The molecule has 0 saturated heterocycles. The fourth-order valence-corrected chi connectivity index (χ4v) is 8.05. The molecule has 8 aromatic rings. The van der Waals surface area contributed by atoms with Gasteiger partial charge in [0.15, 0.2) is 11.6 Å². The number of nitrogens with one attached hydrogen (secondary N) is 1. The molecule has 0 saturated carbocycles. The number of allylic oxidation sites excluding steroid dienone is 2. The number of hydrogen-bond donors (Lipinski definition) is 4. The molecule has 314 valence electrons. The summed E-state index contributed by atoms with van der Waals surface area (Å²) in [6, 6.07) is 32.8. The number of Topliss-reactive ketones (excluding diaryl/α,β-unsaturated/α-hetero) is 1. The number of imidazole rings is 1. The molecule has 0 unspecified atom stereocenters. The highest BCUT2D eigenvalue weighted by molar-refractivity contribution is 6.86. The lowest BCUT2D eigenvalue weighted by Crippen LogP contribution is -2.36. The van der Waals surface area contributed by atoms with E-state index in [-0.39, 0.29) is 41.1 Å². The number of fused-ring (bicyclic) bond motifs is 4. The summed E-state index contributed by atoms with van der Waals surface area (Å²) in [5.41, 5.74) is 28.0. The largest absolute Gasteiger partial charge is 0.487 e. The van der Waals surface area contributed by atoms with E-state index < -0.39 is 5.78 Å². The van der Waals surface area contributed by atoms with Gasteiger partial charge in [-0.05, 0) is 98.0 Å². The Kier molecular flexibility index (Phi) is 10.3. The molecule has 14 heteroatoms. The zero-order valence-electron chi connectivity index (χ0n) is 35.1. The number of carbonyl (C=O) groups excluding carboxylic acids is 2. The van der Waals surface area contributed by atoms with Crippen LogP contribution < -0.4 is 21.9 Å². The van der Waals surface area contributed by atoms with Crippen molar-refractivity contribution in [2.24, 2.45) is 15.7 Å². The molecular weight excluding hydrogens is 793 g/mol. The van der Waals surface area contributed by atoms with Crippen molar-refractivity contribution in [2.45, 2.75) is 46.3 Å². The van der Waals surface area contributed by atoms with E-state index in [1.807, 2.05) is 54.6 Å². The number of hydrogen-bond acceptors (Lipinski definition) is 12. The van der Waals surface area contributed by atoms with Gasteiger partial charge < -0.3 is 35.9 Å². The highest BCUT2D eigenvalue weighted by Crippen LogP contribution is 2.44. The third kappa shape index (κ3) is 7.97. The lowest BCUT2D eigenvalue weighted by Gasteiger charge is -2.17. The van der Waals surface area contributed by atoms with Crippen LogP contribution in [0, 0.1) is 13.8 Å². The smallest absolute Gasteiger partial charge is 0.229 e. The SMILES string of the molecule is Cc1ccc(-c2ccc3nc(N)nc(N)c3c2C)c2c1OC(C)(C)C2.NC1=CC(=O)C2=NCN=C2C1=O.c1ccc2[nH]c(-c3ccc(-c4ccc(Cn5cccc5)cc4)o3)nc2c1. The van der Waals surface area contributed by atoms with Gasteiger partial charge in [0.2, 0.25) is 17.5 Å². The number of carbonyl (C=O) groups is 2. The maximum atomic E-state index is 11.2. The molecule has 3 aliphatic rings. The summed E-state index contributed by atoms with van der Waals surface area (Å²) in [4.78, 5) is 46.2. The van der Waals surface area contributed by atoms with Crippen molar-refractivity contribution < 1.29 is 18.7 Å². The van der Waals surface area contributed by atoms with Gasteiger partial charge in [0.1, 0.15) is 41.0 Å². The zero-order chi connectivity index (χ0) is 44.0. The zero-order valence-corrected chi connectivity index (χ0v) is 35.1. The summed E-state index contributed by atoms with van der Waals surface area (Å²) in [6.07, 6.45) is 6.11. The second-order valence-electron chi connectivity index (χ2n) is 16.1. The highest BCUT2D eigenvalue weighted by atomic mass is 16.5. The van der Waals surface area contributed by atoms with Gasteiger partial charge in [0.05, 0.1) is 22.2 Å². The molecule has 1 aliphatic carbocycles. The second-order valence-corrected chi connectivity index (χ2v) is 16.1. The van der Waals surface area contributed by atoms with Crippen molar-refractivity contribution in [1.82, 2.24) is 24.5 Å². The number of anilines is 2. The third-order valence-corrected chi connectivity index (χ3v) is 11.1. The Balaban J connectivity index is 0.000000128. The van der Waals surface area contributed by atoms with Crippen LogP contribution in [0.1, 0.15) is 36.1 Å². The summed E-state index contributed by atoms with van der Waals surface area (Å²) < 4.78 is 14.4. The van der Waals surface area contributed by atoms with Gasteiger partial charge in [0, 0.05) is 47.9 Å². The van der Waals surface area contributed by atoms with Gasteiger partial charge in [0.25, 0.3) is 0 Å². The standard InChI is InChI=1S/C22H17N3O.C20H22N4O.C7H5N3O2/c1-2-6-19-18(5-1)23-22(24-19)21-12-11-20(26-21)17-9-7-16(8-10-17)15-25-13-3-4-14-25;1-10-5-6-13(14-9-20(3,4)25-17(10)14)12-7-8-15-16(11(12)2)18(21)24-19(22)23-15;8-3-1-4(11)5-6(7(3)12)10-2-9-5/h1-14H,15H2,(H,23,24);5-8H,9H2,1-4H3,(H4,21,22,23,24);1H,2,8H2. The van der Waals surface area contributed by atoms with Crippen molar-refractivity contribution in [3.05, 3.63) is 143 Å². The first-order valence-electron chi connectivity index (χ1n) is 20.4. The van der Waals surface area contributed by atoms with E-state index >= 15 is 0 Å². The molecule has 11 rings (SSSR count). The fourth-order valence-electron chi connectivity index (χ4n) is 8.05. The lowest BCUT2D eigenvalue weighted by molar-refractivity contribution is -0.112. The number of para-hydroxylation sites is 2. The average Bonchev–Trinajstić information content (AvgIpc) is 4.11. The predicted octanol–water partition coefficient (Wildman–Crippen LogP) is 7.97. The van der Waals surface area contributed by atoms with Gasteiger partial charge >= 0.3 is 0 Å². The van der Waals surface area contributed by atoms with E-state index in [1.165, 1.54) is 22.3 Å². The Morgan fingerprint density at radius 3 is 2.27 bits per heavy atom. The number of benzene rings is 4. The van der Waals surface area contributed by atoms with Gasteiger partial charge in [-0.25, -0.2) is 9.97 Å². The number of rotatable bonds is 5. The van der Waals surface area contributed by atoms with Crippen molar-refractivity contribution in [3.63, 3.8) is 0 Å².